The average molecular weight is 154 g/mol. The summed E-state index contributed by atoms with van der Waals surface area (Å²) in [4.78, 5) is 0. The lowest BCUT2D eigenvalue weighted by Gasteiger charge is -2.00. The normalized spacial score (nSPS) is 10.5. The van der Waals surface area contributed by atoms with Crippen LogP contribution in [0.1, 0.15) is 11.1 Å². The Morgan fingerprint density at radius 2 is 2.00 bits per heavy atom. The third kappa shape index (κ3) is 1.10. The molecule has 2 rings (SSSR count). The van der Waals surface area contributed by atoms with E-state index in [0.717, 1.165) is 0 Å². The first-order chi connectivity index (χ1) is 5.77. The first kappa shape index (κ1) is 7.35. The molecule has 58 valence electrons. The molecule has 12 heavy (non-hydrogen) atoms. The van der Waals surface area contributed by atoms with Gasteiger partial charge >= 0.3 is 0 Å². The summed E-state index contributed by atoms with van der Waals surface area (Å²) in [5.41, 5.74) is 2.39. The first-order valence-electron chi connectivity index (χ1n) is 4.07. The van der Waals surface area contributed by atoms with Crippen LogP contribution in [0.3, 0.4) is 0 Å². The van der Waals surface area contributed by atoms with E-state index in [1.165, 1.54) is 21.9 Å². The van der Waals surface area contributed by atoms with Gasteiger partial charge in [-0.05, 0) is 53.9 Å². The van der Waals surface area contributed by atoms with Gasteiger partial charge in [0.15, 0.2) is 0 Å². The fourth-order valence-electron chi connectivity index (χ4n) is 1.42. The smallest absolute Gasteiger partial charge is 0.0142 e. The zero-order valence-corrected chi connectivity index (χ0v) is 7.31. The molecule has 0 unspecified atom stereocenters. The van der Waals surface area contributed by atoms with Gasteiger partial charge in [-0.3, -0.25) is 0 Å². The summed E-state index contributed by atoms with van der Waals surface area (Å²) in [6.45, 7) is 4.14. The molecule has 0 aliphatic rings. The number of aryl methyl sites for hydroxylation is 2. The first-order valence-corrected chi connectivity index (χ1v) is 4.07. The quantitative estimate of drug-likeness (QED) is 0.547. The van der Waals surface area contributed by atoms with Gasteiger partial charge in [-0.25, -0.2) is 0 Å². The van der Waals surface area contributed by atoms with Crippen molar-refractivity contribution in [1.82, 2.24) is 0 Å². The van der Waals surface area contributed by atoms with Gasteiger partial charge in [-0.1, -0.05) is 18.2 Å². The van der Waals surface area contributed by atoms with E-state index in [9.17, 15) is 0 Å². The second-order valence-electron chi connectivity index (χ2n) is 3.09. The van der Waals surface area contributed by atoms with Crippen LogP contribution in [0, 0.1) is 26.0 Å². The molecular weight excluding hydrogens is 144 g/mol. The van der Waals surface area contributed by atoms with Crippen molar-refractivity contribution in [2.75, 3.05) is 0 Å². The van der Waals surface area contributed by atoms with Crippen LogP contribution in [0.2, 0.25) is 0 Å². The van der Waals surface area contributed by atoms with Gasteiger partial charge in [0.25, 0.3) is 0 Å². The molecule has 0 amide bonds. The Morgan fingerprint density at radius 1 is 1.17 bits per heavy atom. The number of rotatable bonds is 0. The SMILES string of the molecule is Cc1[c]cc2c(C)[c]ccc2c1. The zero-order chi connectivity index (χ0) is 8.55. The minimum absolute atomic E-state index is 1.19. The molecule has 0 saturated carbocycles. The van der Waals surface area contributed by atoms with E-state index in [4.69, 9.17) is 0 Å². The van der Waals surface area contributed by atoms with Crippen molar-refractivity contribution >= 4 is 10.8 Å². The molecule has 0 atom stereocenters. The summed E-state index contributed by atoms with van der Waals surface area (Å²) in [6.07, 6.45) is 0. The van der Waals surface area contributed by atoms with E-state index in [1.807, 2.05) is 12.1 Å². The molecule has 2 radical (unpaired) electrons. The van der Waals surface area contributed by atoms with Crippen molar-refractivity contribution in [1.29, 1.82) is 0 Å². The summed E-state index contributed by atoms with van der Waals surface area (Å²) in [7, 11) is 0. The van der Waals surface area contributed by atoms with E-state index in [1.54, 1.807) is 0 Å². The Balaban J connectivity index is 2.86. The minimum atomic E-state index is 1.19. The second kappa shape index (κ2) is 2.63. The fraction of sp³-hybridized carbons (Fsp3) is 0.167. The Labute approximate surface area is 72.8 Å². The van der Waals surface area contributed by atoms with Crippen LogP contribution in [-0.2, 0) is 0 Å². The fourth-order valence-corrected chi connectivity index (χ4v) is 1.42. The molecule has 0 aromatic heterocycles. The minimum Gasteiger partial charge on any atom is -0.0537 e. The van der Waals surface area contributed by atoms with E-state index >= 15 is 0 Å². The van der Waals surface area contributed by atoms with Crippen LogP contribution in [0.5, 0.6) is 0 Å². The second-order valence-corrected chi connectivity index (χ2v) is 3.09. The van der Waals surface area contributed by atoms with E-state index in [0.29, 0.717) is 0 Å². The zero-order valence-electron chi connectivity index (χ0n) is 7.31. The predicted molar refractivity (Wildman–Crippen MR) is 51.1 cm³/mol. The highest BCUT2D eigenvalue weighted by Crippen LogP contribution is 2.18. The molecule has 0 bridgehead atoms. The number of hydrogen-bond donors (Lipinski definition) is 0. The molecule has 0 aliphatic heterocycles. The monoisotopic (exact) mass is 154 g/mol. The van der Waals surface area contributed by atoms with Gasteiger partial charge in [0.05, 0.1) is 0 Å². The van der Waals surface area contributed by atoms with Gasteiger partial charge in [-0.2, -0.15) is 0 Å². The van der Waals surface area contributed by atoms with Gasteiger partial charge in [0.2, 0.25) is 0 Å². The molecule has 0 saturated heterocycles. The maximum absolute atomic E-state index is 3.20. The van der Waals surface area contributed by atoms with Gasteiger partial charge < -0.3 is 0 Å². The number of benzene rings is 2. The Hall–Kier alpha value is -1.30. The van der Waals surface area contributed by atoms with E-state index in [-0.39, 0.29) is 0 Å². The summed E-state index contributed by atoms with van der Waals surface area (Å²) < 4.78 is 0. The van der Waals surface area contributed by atoms with Gasteiger partial charge in [0.1, 0.15) is 0 Å². The van der Waals surface area contributed by atoms with Gasteiger partial charge in [0, 0.05) is 0 Å². The van der Waals surface area contributed by atoms with Crippen molar-refractivity contribution < 1.29 is 0 Å². The Kier molecular flexibility index (Phi) is 1.61. The molecule has 0 aliphatic carbocycles. The highest BCUT2D eigenvalue weighted by Gasteiger charge is 1.95. The van der Waals surface area contributed by atoms with Crippen LogP contribution in [-0.4, -0.2) is 0 Å². The molecule has 0 fully saturated rings. The number of hydrogen-bond acceptors (Lipinski definition) is 0. The molecule has 2 aromatic rings. The molecule has 0 heteroatoms. The van der Waals surface area contributed by atoms with Crippen molar-refractivity contribution in [3.8, 4) is 0 Å². The van der Waals surface area contributed by atoms with E-state index in [2.05, 4.69) is 38.1 Å². The molecule has 0 spiro atoms. The maximum atomic E-state index is 3.20. The third-order valence-electron chi connectivity index (χ3n) is 2.09. The molecule has 0 heterocycles. The maximum Gasteiger partial charge on any atom is -0.0142 e. The van der Waals surface area contributed by atoms with E-state index < -0.39 is 0 Å². The Morgan fingerprint density at radius 3 is 2.83 bits per heavy atom. The summed E-state index contributed by atoms with van der Waals surface area (Å²) in [6, 6.07) is 14.6. The highest BCUT2D eigenvalue weighted by molar-refractivity contribution is 5.85. The molecule has 0 N–H and O–H groups in total. The van der Waals surface area contributed by atoms with Crippen LogP contribution in [0.25, 0.3) is 10.8 Å². The molecular formula is C12H10. The van der Waals surface area contributed by atoms with Crippen LogP contribution in [0.15, 0.2) is 24.3 Å². The standard InChI is InChI=1S/C12H10/c1-9-6-7-12-10(2)4-3-5-11(12)8-9/h3,5,7-8H,1-2H3. The third-order valence-corrected chi connectivity index (χ3v) is 2.09. The van der Waals surface area contributed by atoms with Crippen molar-refractivity contribution in [3.63, 3.8) is 0 Å². The van der Waals surface area contributed by atoms with Crippen LogP contribution < -0.4 is 0 Å². The van der Waals surface area contributed by atoms with Crippen LogP contribution >= 0.6 is 0 Å². The topological polar surface area (TPSA) is 0 Å². The van der Waals surface area contributed by atoms with Crippen molar-refractivity contribution in [3.05, 3.63) is 47.5 Å². The predicted octanol–water partition coefficient (Wildman–Crippen LogP) is 3.06. The Bertz CT molecular complexity index is 413. The molecule has 0 nitrogen and oxygen atoms in total. The van der Waals surface area contributed by atoms with Crippen LogP contribution in [0.4, 0.5) is 0 Å². The lowest BCUT2D eigenvalue weighted by atomic mass is 10.0. The number of fused-ring (bicyclic) bond motifs is 1. The van der Waals surface area contributed by atoms with Gasteiger partial charge in [-0.15, -0.1) is 0 Å². The van der Waals surface area contributed by atoms with Crippen molar-refractivity contribution in [2.45, 2.75) is 13.8 Å². The lowest BCUT2D eigenvalue weighted by Crippen LogP contribution is -1.79. The summed E-state index contributed by atoms with van der Waals surface area (Å²) in [5, 5.41) is 2.53. The largest absolute Gasteiger partial charge is 0.0537 e. The summed E-state index contributed by atoms with van der Waals surface area (Å²) >= 11 is 0. The highest BCUT2D eigenvalue weighted by atomic mass is 14.0. The lowest BCUT2D eigenvalue weighted by molar-refractivity contribution is 1.46. The molecule has 2 aromatic carbocycles. The summed E-state index contributed by atoms with van der Waals surface area (Å²) in [5.74, 6) is 0. The van der Waals surface area contributed by atoms with Crippen molar-refractivity contribution in [2.24, 2.45) is 0 Å². The average Bonchev–Trinajstić information content (AvgIpc) is 2.04.